The van der Waals surface area contributed by atoms with Crippen LogP contribution in [0.5, 0.6) is 0 Å². The van der Waals surface area contributed by atoms with Gasteiger partial charge in [0.15, 0.2) is 13.2 Å². The van der Waals surface area contributed by atoms with E-state index in [-0.39, 0.29) is 0 Å². The summed E-state index contributed by atoms with van der Waals surface area (Å²) in [6, 6.07) is 7.89. The van der Waals surface area contributed by atoms with Crippen molar-refractivity contribution in [1.82, 2.24) is 0 Å². The Balaban J connectivity index is 2.32. The topological polar surface area (TPSA) is 43.2 Å². The fraction of sp³-hybridized carbons (Fsp3) is 0.556. The lowest BCUT2D eigenvalue weighted by Crippen LogP contribution is -2.37. The normalized spacial score (nSPS) is 12.9. The van der Waals surface area contributed by atoms with Crippen LogP contribution in [0.2, 0.25) is 0 Å². The quantitative estimate of drug-likeness (QED) is 0.283. The first-order valence-corrected chi connectivity index (χ1v) is 8.17. The van der Waals surface area contributed by atoms with E-state index >= 15 is 0 Å². The van der Waals surface area contributed by atoms with Crippen LogP contribution in [-0.2, 0) is 9.68 Å². The van der Waals surface area contributed by atoms with Crippen molar-refractivity contribution >= 4 is 12.4 Å². The summed E-state index contributed by atoms with van der Waals surface area (Å²) in [7, 11) is 12.7. The van der Waals surface area contributed by atoms with E-state index in [1.807, 2.05) is 24.3 Å². The molecule has 1 aromatic rings. The van der Waals surface area contributed by atoms with Crippen molar-refractivity contribution in [1.29, 1.82) is 0 Å². The molecule has 0 fully saturated rings. The fourth-order valence-corrected chi connectivity index (χ4v) is 1.60. The second-order valence-electron chi connectivity index (χ2n) is 7.83. The molecule has 0 bridgehead atoms. The van der Waals surface area contributed by atoms with E-state index in [1.165, 1.54) is 0 Å². The van der Waals surface area contributed by atoms with Gasteiger partial charge >= 0.3 is 0 Å². The Morgan fingerprint density at radius 3 is 1.33 bits per heavy atom. The summed E-state index contributed by atoms with van der Waals surface area (Å²) in [5.74, 6) is 0. The minimum absolute atomic E-state index is 0.607. The van der Waals surface area contributed by atoms with Gasteiger partial charge in [-0.3, -0.25) is 0 Å². The van der Waals surface area contributed by atoms with Crippen LogP contribution in [0.25, 0.3) is 0 Å². The number of nitrogens with zero attached hydrogens (tertiary/aromatic N) is 4. The maximum absolute atomic E-state index is 5.27. The van der Waals surface area contributed by atoms with Gasteiger partial charge in [0, 0.05) is 0 Å². The highest BCUT2D eigenvalue weighted by Crippen LogP contribution is 2.01. The third kappa shape index (κ3) is 10.7. The first-order valence-electron chi connectivity index (χ1n) is 8.17. The molecule has 6 heteroatoms. The highest BCUT2D eigenvalue weighted by atomic mass is 16.6. The van der Waals surface area contributed by atoms with Crippen LogP contribution in [0, 0.1) is 0 Å². The minimum Gasteiger partial charge on any atom is -0.390 e. The minimum atomic E-state index is 0.607. The molecule has 1 aromatic carbocycles. The molecule has 0 saturated carbocycles. The number of hydrogen-bond donors (Lipinski definition) is 0. The lowest BCUT2D eigenvalue weighted by molar-refractivity contribution is -0.870. The Kier molecular flexibility index (Phi) is 7.88. The van der Waals surface area contributed by atoms with Gasteiger partial charge in [-0.05, 0) is 11.1 Å². The van der Waals surface area contributed by atoms with Crippen molar-refractivity contribution in [2.75, 3.05) is 68.6 Å². The summed E-state index contributed by atoms with van der Waals surface area (Å²) >= 11 is 0. The molecule has 0 unspecified atom stereocenters. The van der Waals surface area contributed by atoms with Gasteiger partial charge in [0.25, 0.3) is 0 Å². The number of benzene rings is 1. The average molecular weight is 336 g/mol. The zero-order chi connectivity index (χ0) is 18.1. The van der Waals surface area contributed by atoms with E-state index in [2.05, 4.69) is 52.6 Å². The van der Waals surface area contributed by atoms with Crippen LogP contribution in [0.1, 0.15) is 11.1 Å². The monoisotopic (exact) mass is 336 g/mol. The number of likely N-dealkylation sites (N-methyl/N-ethyl adjacent to an activating group) is 2. The van der Waals surface area contributed by atoms with Crippen LogP contribution in [-0.4, -0.2) is 90.0 Å². The second-order valence-corrected chi connectivity index (χ2v) is 7.83. The Hall–Kier alpha value is -1.92. The van der Waals surface area contributed by atoms with Crippen LogP contribution < -0.4 is 0 Å². The molecule has 134 valence electrons. The summed E-state index contributed by atoms with van der Waals surface area (Å²) < 4.78 is 1.72. The van der Waals surface area contributed by atoms with E-state index in [1.54, 1.807) is 12.4 Å². The number of oxime groups is 2. The summed E-state index contributed by atoms with van der Waals surface area (Å²) in [6.07, 6.45) is 3.43. The van der Waals surface area contributed by atoms with E-state index in [9.17, 15) is 0 Å². The first kappa shape index (κ1) is 20.1. The van der Waals surface area contributed by atoms with Crippen LogP contribution >= 0.6 is 0 Å². The highest BCUT2D eigenvalue weighted by Gasteiger charge is 2.06. The molecule has 0 aromatic heterocycles. The predicted octanol–water partition coefficient (Wildman–Crippen LogP) is 1.80. The fourth-order valence-electron chi connectivity index (χ4n) is 1.60. The van der Waals surface area contributed by atoms with Crippen molar-refractivity contribution in [3.63, 3.8) is 0 Å². The number of hydrogen-bond acceptors (Lipinski definition) is 4. The van der Waals surface area contributed by atoms with Gasteiger partial charge < -0.3 is 18.6 Å². The van der Waals surface area contributed by atoms with Gasteiger partial charge in [-0.1, -0.05) is 34.6 Å². The summed E-state index contributed by atoms with van der Waals surface area (Å²) in [5.41, 5.74) is 1.98. The van der Waals surface area contributed by atoms with Crippen LogP contribution in [0.3, 0.4) is 0 Å². The molecule has 1 rings (SSSR count). The Morgan fingerprint density at radius 2 is 1.04 bits per heavy atom. The van der Waals surface area contributed by atoms with Crippen LogP contribution in [0.4, 0.5) is 0 Å². The van der Waals surface area contributed by atoms with Crippen molar-refractivity contribution in [2.45, 2.75) is 0 Å². The molecular weight excluding hydrogens is 304 g/mol. The van der Waals surface area contributed by atoms with Crippen molar-refractivity contribution < 1.29 is 18.6 Å². The Bertz CT molecular complexity index is 476. The molecule has 0 aliphatic heterocycles. The van der Waals surface area contributed by atoms with E-state index < -0.39 is 0 Å². The zero-order valence-corrected chi connectivity index (χ0v) is 15.9. The molecule has 6 nitrogen and oxygen atoms in total. The number of rotatable bonds is 10. The molecule has 0 radical (unpaired) electrons. The third-order valence-corrected chi connectivity index (χ3v) is 3.20. The van der Waals surface area contributed by atoms with E-state index in [0.717, 1.165) is 33.2 Å². The van der Waals surface area contributed by atoms with E-state index in [0.29, 0.717) is 13.2 Å². The molecule has 0 amide bonds. The summed E-state index contributed by atoms with van der Waals surface area (Å²) in [5, 5.41) is 7.98. The lowest BCUT2D eigenvalue weighted by Gasteiger charge is -2.22. The second kappa shape index (κ2) is 9.39. The molecule has 0 spiro atoms. The maximum atomic E-state index is 5.27. The van der Waals surface area contributed by atoms with Crippen LogP contribution in [0.15, 0.2) is 34.6 Å². The predicted molar refractivity (Wildman–Crippen MR) is 99.3 cm³/mol. The molecule has 0 heterocycles. The molecule has 0 saturated heterocycles. The van der Waals surface area contributed by atoms with E-state index in [4.69, 9.17) is 9.68 Å². The van der Waals surface area contributed by atoms with Crippen molar-refractivity contribution in [3.8, 4) is 0 Å². The summed E-state index contributed by atoms with van der Waals surface area (Å²) in [4.78, 5) is 10.5. The highest BCUT2D eigenvalue weighted by molar-refractivity contribution is 5.83. The van der Waals surface area contributed by atoms with Gasteiger partial charge in [0.1, 0.15) is 13.1 Å². The number of quaternary nitrogens is 2. The largest absolute Gasteiger partial charge is 0.390 e. The zero-order valence-electron chi connectivity index (χ0n) is 15.9. The standard InChI is InChI=1S/C18H32N4O2/c1-21(2,3)11-13-23-19-15-17-7-9-18(10-8-17)16-20-24-14-12-22(4,5)6/h7-10,15-16H,11-14H2,1-6H3/q+2/b19-15+,20-16+. The molecule has 0 aliphatic carbocycles. The van der Waals surface area contributed by atoms with Gasteiger partial charge in [-0.25, -0.2) is 0 Å². The maximum Gasteiger partial charge on any atom is 0.165 e. The van der Waals surface area contributed by atoms with Crippen molar-refractivity contribution in [3.05, 3.63) is 35.4 Å². The third-order valence-electron chi connectivity index (χ3n) is 3.20. The Labute approximate surface area is 146 Å². The SMILES string of the molecule is C[N+](C)(C)CCO/N=C/c1ccc(/C=N/OCC[N+](C)(C)C)cc1. The molecule has 0 aliphatic rings. The summed E-state index contributed by atoms with van der Waals surface area (Å²) in [6.45, 7) is 3.05. The molecular formula is C18H32N4O2+2. The van der Waals surface area contributed by atoms with Gasteiger partial charge in [-0.2, -0.15) is 0 Å². The van der Waals surface area contributed by atoms with Gasteiger partial charge in [0.2, 0.25) is 0 Å². The Morgan fingerprint density at radius 1 is 0.708 bits per heavy atom. The lowest BCUT2D eigenvalue weighted by atomic mass is 10.2. The smallest absolute Gasteiger partial charge is 0.165 e. The molecule has 0 N–H and O–H groups in total. The molecule has 0 atom stereocenters. The van der Waals surface area contributed by atoms with Crippen molar-refractivity contribution in [2.24, 2.45) is 10.3 Å². The first-order chi connectivity index (χ1) is 11.2. The molecule has 24 heavy (non-hydrogen) atoms. The van der Waals surface area contributed by atoms with Gasteiger partial charge in [0.05, 0.1) is 54.7 Å². The van der Waals surface area contributed by atoms with Gasteiger partial charge in [-0.15, -0.1) is 0 Å². The average Bonchev–Trinajstić information content (AvgIpc) is 2.45.